The zero-order valence-corrected chi connectivity index (χ0v) is 16.8. The number of para-hydroxylation sites is 1. The van der Waals surface area contributed by atoms with Gasteiger partial charge in [-0.1, -0.05) is 68.9 Å². The van der Waals surface area contributed by atoms with Crippen molar-refractivity contribution in [1.29, 1.82) is 0 Å². The number of aryl methyl sites for hydroxylation is 1. The molecule has 0 fully saturated rings. The van der Waals surface area contributed by atoms with E-state index in [2.05, 4.69) is 12.1 Å². The lowest BCUT2D eigenvalue weighted by molar-refractivity contribution is -0.165. The standard InChI is InChI=1S/C24H30F2O3/c25-24(26,23(27)28)19-11-6-4-2-1-3-5-8-12-20-15-17-22(18-16-20)29-21-13-9-7-10-14-21/h7,9-10,13-18H,1-6,8,11-12,19H2,(H,27,28). The number of carboxylic acid groups (broad SMARTS) is 1. The molecule has 0 aliphatic heterocycles. The predicted molar refractivity (Wildman–Crippen MR) is 111 cm³/mol. The molecule has 0 aliphatic carbocycles. The van der Waals surface area contributed by atoms with Crippen molar-refractivity contribution in [1.82, 2.24) is 0 Å². The van der Waals surface area contributed by atoms with Crippen LogP contribution in [0.25, 0.3) is 0 Å². The predicted octanol–water partition coefficient (Wildman–Crippen LogP) is 7.25. The molecule has 5 heteroatoms. The fraction of sp³-hybridized carbons (Fsp3) is 0.458. The van der Waals surface area contributed by atoms with Crippen LogP contribution in [-0.4, -0.2) is 17.0 Å². The van der Waals surface area contributed by atoms with Crippen molar-refractivity contribution in [3.63, 3.8) is 0 Å². The smallest absolute Gasteiger partial charge is 0.374 e. The van der Waals surface area contributed by atoms with E-state index in [1.807, 2.05) is 42.5 Å². The number of hydrogen-bond donors (Lipinski definition) is 1. The van der Waals surface area contributed by atoms with Gasteiger partial charge in [0.05, 0.1) is 0 Å². The number of unbranched alkanes of at least 4 members (excludes halogenated alkanes) is 7. The van der Waals surface area contributed by atoms with Crippen molar-refractivity contribution in [2.24, 2.45) is 0 Å². The molecule has 0 unspecified atom stereocenters. The van der Waals surface area contributed by atoms with Gasteiger partial charge >= 0.3 is 11.9 Å². The van der Waals surface area contributed by atoms with Gasteiger partial charge in [0.1, 0.15) is 11.5 Å². The van der Waals surface area contributed by atoms with Gasteiger partial charge in [0.15, 0.2) is 0 Å². The van der Waals surface area contributed by atoms with E-state index < -0.39 is 18.3 Å². The molecule has 0 aliphatic rings. The number of alkyl halides is 2. The van der Waals surface area contributed by atoms with Crippen LogP contribution >= 0.6 is 0 Å². The lowest BCUT2D eigenvalue weighted by Gasteiger charge is -2.10. The molecule has 0 saturated heterocycles. The summed E-state index contributed by atoms with van der Waals surface area (Å²) >= 11 is 0. The molecule has 2 aromatic rings. The largest absolute Gasteiger partial charge is 0.477 e. The van der Waals surface area contributed by atoms with Gasteiger partial charge in [-0.15, -0.1) is 0 Å². The molecule has 29 heavy (non-hydrogen) atoms. The second kappa shape index (κ2) is 12.2. The highest BCUT2D eigenvalue weighted by molar-refractivity contribution is 5.75. The van der Waals surface area contributed by atoms with E-state index in [1.165, 1.54) is 5.56 Å². The van der Waals surface area contributed by atoms with Crippen LogP contribution in [0.3, 0.4) is 0 Å². The van der Waals surface area contributed by atoms with E-state index in [4.69, 9.17) is 9.84 Å². The maximum absolute atomic E-state index is 12.9. The molecule has 0 atom stereocenters. The summed E-state index contributed by atoms with van der Waals surface area (Å²) in [6.07, 6.45) is 7.84. The van der Waals surface area contributed by atoms with Gasteiger partial charge < -0.3 is 9.84 Å². The number of aliphatic carboxylic acids is 1. The fourth-order valence-corrected chi connectivity index (χ4v) is 3.19. The van der Waals surface area contributed by atoms with Crippen LogP contribution in [0.5, 0.6) is 11.5 Å². The van der Waals surface area contributed by atoms with Gasteiger partial charge in [-0.25, -0.2) is 4.79 Å². The van der Waals surface area contributed by atoms with Gasteiger partial charge in [-0.3, -0.25) is 0 Å². The van der Waals surface area contributed by atoms with Gasteiger partial charge in [-0.2, -0.15) is 8.78 Å². The maximum atomic E-state index is 12.9. The van der Waals surface area contributed by atoms with Crippen molar-refractivity contribution in [3.05, 3.63) is 60.2 Å². The molecule has 0 heterocycles. The van der Waals surface area contributed by atoms with Gasteiger partial charge in [0.25, 0.3) is 0 Å². The SMILES string of the molecule is O=C(O)C(F)(F)CCCCCCCCCCc1ccc(Oc2ccccc2)cc1. The highest BCUT2D eigenvalue weighted by Crippen LogP contribution is 2.23. The van der Waals surface area contributed by atoms with Gasteiger partial charge in [0.2, 0.25) is 0 Å². The Kier molecular flexibility index (Phi) is 9.62. The van der Waals surface area contributed by atoms with Crippen molar-refractivity contribution >= 4 is 5.97 Å². The minimum atomic E-state index is -3.58. The topological polar surface area (TPSA) is 46.5 Å². The zero-order valence-electron chi connectivity index (χ0n) is 16.8. The molecule has 158 valence electrons. The molecule has 2 aromatic carbocycles. The molecule has 0 bridgehead atoms. The first kappa shape index (κ1) is 22.9. The number of benzene rings is 2. The first-order chi connectivity index (χ1) is 14.0. The molecule has 0 spiro atoms. The van der Waals surface area contributed by atoms with Crippen molar-refractivity contribution in [2.45, 2.75) is 70.1 Å². The Morgan fingerprint density at radius 3 is 1.86 bits per heavy atom. The Labute approximate surface area is 171 Å². The van der Waals surface area contributed by atoms with Crippen LogP contribution in [0.4, 0.5) is 8.78 Å². The maximum Gasteiger partial charge on any atom is 0.374 e. The van der Waals surface area contributed by atoms with Gasteiger partial charge in [-0.05, 0) is 49.1 Å². The highest BCUT2D eigenvalue weighted by Gasteiger charge is 2.37. The Balaban J connectivity index is 1.49. The minimum absolute atomic E-state index is 0.267. The van der Waals surface area contributed by atoms with Crippen LogP contribution in [0.15, 0.2) is 54.6 Å². The molecule has 1 N–H and O–H groups in total. The second-order valence-corrected chi connectivity index (χ2v) is 7.40. The van der Waals surface area contributed by atoms with Crippen LogP contribution < -0.4 is 4.74 Å². The summed E-state index contributed by atoms with van der Waals surface area (Å²) in [7, 11) is 0. The number of carbonyl (C=O) groups is 1. The Bertz CT molecular complexity index is 715. The Morgan fingerprint density at radius 1 is 0.759 bits per heavy atom. The molecule has 2 rings (SSSR count). The molecule has 3 nitrogen and oxygen atoms in total. The number of carboxylic acids is 1. The minimum Gasteiger partial charge on any atom is -0.477 e. The third kappa shape index (κ3) is 9.07. The van der Waals surface area contributed by atoms with Crippen LogP contribution in [0.2, 0.25) is 0 Å². The molecule has 0 radical (unpaired) electrons. The lowest BCUT2D eigenvalue weighted by Crippen LogP contribution is -2.27. The number of halogens is 2. The van der Waals surface area contributed by atoms with E-state index in [0.717, 1.165) is 56.4 Å². The summed E-state index contributed by atoms with van der Waals surface area (Å²) in [4.78, 5) is 10.3. The summed E-state index contributed by atoms with van der Waals surface area (Å²) in [5.74, 6) is -3.93. The average Bonchev–Trinajstić information content (AvgIpc) is 2.71. The fourth-order valence-electron chi connectivity index (χ4n) is 3.19. The molecule has 0 aromatic heterocycles. The molecule has 0 saturated carbocycles. The third-order valence-corrected chi connectivity index (χ3v) is 4.92. The normalized spacial score (nSPS) is 11.4. The monoisotopic (exact) mass is 404 g/mol. The summed E-state index contributed by atoms with van der Waals surface area (Å²) in [6.45, 7) is 0. The summed E-state index contributed by atoms with van der Waals surface area (Å²) in [5, 5.41) is 8.36. The third-order valence-electron chi connectivity index (χ3n) is 4.92. The van der Waals surface area contributed by atoms with Gasteiger partial charge in [0, 0.05) is 6.42 Å². The van der Waals surface area contributed by atoms with E-state index in [1.54, 1.807) is 0 Å². The summed E-state index contributed by atoms with van der Waals surface area (Å²) in [5.41, 5.74) is 1.30. The van der Waals surface area contributed by atoms with Crippen LogP contribution in [0, 0.1) is 0 Å². The Morgan fingerprint density at radius 2 is 1.28 bits per heavy atom. The van der Waals surface area contributed by atoms with Crippen LogP contribution in [0.1, 0.15) is 63.4 Å². The summed E-state index contributed by atoms with van der Waals surface area (Å²) < 4.78 is 31.6. The quantitative estimate of drug-likeness (QED) is 0.337. The summed E-state index contributed by atoms with van der Waals surface area (Å²) in [6, 6.07) is 17.9. The lowest BCUT2D eigenvalue weighted by atomic mass is 10.0. The number of ether oxygens (including phenoxy) is 1. The average molecular weight is 404 g/mol. The molecule has 0 amide bonds. The molecular formula is C24H30F2O3. The van der Waals surface area contributed by atoms with Crippen molar-refractivity contribution < 1.29 is 23.4 Å². The first-order valence-corrected chi connectivity index (χ1v) is 10.4. The van der Waals surface area contributed by atoms with E-state index in [-0.39, 0.29) is 6.42 Å². The first-order valence-electron chi connectivity index (χ1n) is 10.4. The number of hydrogen-bond acceptors (Lipinski definition) is 2. The number of rotatable bonds is 14. The molecular weight excluding hydrogens is 374 g/mol. The van der Waals surface area contributed by atoms with Crippen molar-refractivity contribution in [3.8, 4) is 11.5 Å². The van der Waals surface area contributed by atoms with E-state index >= 15 is 0 Å². The van der Waals surface area contributed by atoms with Crippen molar-refractivity contribution in [2.75, 3.05) is 0 Å². The van der Waals surface area contributed by atoms with E-state index in [0.29, 0.717) is 6.42 Å². The highest BCUT2D eigenvalue weighted by atomic mass is 19.3. The zero-order chi connectivity index (χ0) is 21.0. The second-order valence-electron chi connectivity index (χ2n) is 7.40. The Hall–Kier alpha value is -2.43. The van der Waals surface area contributed by atoms with E-state index in [9.17, 15) is 13.6 Å². The van der Waals surface area contributed by atoms with Crippen LogP contribution in [-0.2, 0) is 11.2 Å².